The van der Waals surface area contributed by atoms with Crippen molar-refractivity contribution < 1.29 is 14.7 Å². The summed E-state index contributed by atoms with van der Waals surface area (Å²) in [6, 6.07) is 13.8. The molecule has 194 valence electrons. The average Bonchev–Trinajstić information content (AvgIpc) is 3.46. The predicted molar refractivity (Wildman–Crippen MR) is 144 cm³/mol. The van der Waals surface area contributed by atoms with Gasteiger partial charge in [-0.05, 0) is 32.8 Å². The second-order valence-electron chi connectivity index (χ2n) is 10.1. The number of benzene rings is 1. The van der Waals surface area contributed by atoms with E-state index in [2.05, 4.69) is 15.0 Å². The fourth-order valence-corrected chi connectivity index (χ4v) is 5.76. The number of nitrogens with zero attached hydrogens (tertiary/aromatic N) is 6. The highest BCUT2D eigenvalue weighted by Crippen LogP contribution is 2.39. The van der Waals surface area contributed by atoms with E-state index in [9.17, 15) is 14.7 Å². The Bertz CT molecular complexity index is 1520. The van der Waals surface area contributed by atoms with Crippen molar-refractivity contribution in [2.45, 2.75) is 44.9 Å². The third kappa shape index (κ3) is 3.88. The van der Waals surface area contributed by atoms with E-state index in [4.69, 9.17) is 10.7 Å². The fraction of sp³-hybridized carbons (Fsp3) is 0.321. The van der Waals surface area contributed by atoms with Gasteiger partial charge < -0.3 is 20.6 Å². The minimum atomic E-state index is -1.05. The molecular weight excluding hydrogens is 482 g/mol. The molecule has 3 N–H and O–H groups in total. The second-order valence-corrected chi connectivity index (χ2v) is 10.1. The number of amides is 1. The van der Waals surface area contributed by atoms with E-state index in [-0.39, 0.29) is 29.6 Å². The van der Waals surface area contributed by atoms with Crippen molar-refractivity contribution in [3.05, 3.63) is 60.4 Å². The number of nitrogens with two attached hydrogens (primary N) is 1. The van der Waals surface area contributed by atoms with Gasteiger partial charge in [-0.1, -0.05) is 36.4 Å². The van der Waals surface area contributed by atoms with Crippen LogP contribution in [0.2, 0.25) is 0 Å². The number of piperazine rings is 1. The summed E-state index contributed by atoms with van der Waals surface area (Å²) < 4.78 is 1.51. The van der Waals surface area contributed by atoms with Gasteiger partial charge >= 0.3 is 0 Å². The van der Waals surface area contributed by atoms with Gasteiger partial charge in [0.05, 0.1) is 11.9 Å². The largest absolute Gasteiger partial charge is 0.384 e. The lowest BCUT2D eigenvalue weighted by Crippen LogP contribution is -2.57. The number of likely N-dealkylation sites (tertiary alicyclic amines) is 1. The van der Waals surface area contributed by atoms with Gasteiger partial charge in [-0.25, -0.2) is 4.98 Å². The number of hydrogen-bond donors (Lipinski definition) is 2. The smallest absolute Gasteiger partial charge is 0.251 e. The van der Waals surface area contributed by atoms with E-state index in [1.54, 1.807) is 17.3 Å². The maximum Gasteiger partial charge on any atom is 0.251 e. The molecule has 4 aromatic rings. The molecule has 38 heavy (non-hydrogen) atoms. The first-order chi connectivity index (χ1) is 18.3. The summed E-state index contributed by atoms with van der Waals surface area (Å²) in [4.78, 5) is 38.8. The number of anilines is 2. The highest BCUT2D eigenvalue weighted by molar-refractivity contribution is 6.04. The van der Waals surface area contributed by atoms with Gasteiger partial charge in [-0.3, -0.25) is 14.6 Å². The van der Waals surface area contributed by atoms with Gasteiger partial charge in [-0.2, -0.15) is 9.61 Å². The number of aromatic nitrogens is 4. The molecule has 0 saturated carbocycles. The zero-order valence-electron chi connectivity index (χ0n) is 21.3. The normalized spacial score (nSPS) is 19.7. The van der Waals surface area contributed by atoms with Crippen LogP contribution >= 0.6 is 0 Å². The summed E-state index contributed by atoms with van der Waals surface area (Å²) in [5, 5.41) is 14.3. The van der Waals surface area contributed by atoms with Gasteiger partial charge in [-0.15, -0.1) is 0 Å². The lowest BCUT2D eigenvalue weighted by molar-refractivity contribution is -0.140. The molecule has 3 atom stereocenters. The number of ketones is 1. The molecular formula is C28H29N7O3. The Hall–Kier alpha value is -4.31. The molecule has 2 aliphatic heterocycles. The van der Waals surface area contributed by atoms with E-state index in [1.807, 2.05) is 42.5 Å². The van der Waals surface area contributed by atoms with Crippen LogP contribution in [0.1, 0.15) is 37.0 Å². The molecule has 10 heteroatoms. The van der Waals surface area contributed by atoms with Crippen LogP contribution < -0.4 is 10.6 Å². The number of Topliss-reactive ketones (excluding diaryl/α,β-unsaturated/α-hetero) is 1. The Morgan fingerprint density at radius 1 is 1.03 bits per heavy atom. The number of carbonyl (C=O) groups is 2. The lowest BCUT2D eigenvalue weighted by atomic mass is 10.1. The van der Waals surface area contributed by atoms with Gasteiger partial charge in [0.25, 0.3) is 5.91 Å². The van der Waals surface area contributed by atoms with Crippen LogP contribution in [0, 0.1) is 0 Å². The number of pyridine rings is 1. The van der Waals surface area contributed by atoms with E-state index in [0.717, 1.165) is 35.2 Å². The van der Waals surface area contributed by atoms with Crippen LogP contribution in [-0.4, -0.2) is 72.6 Å². The summed E-state index contributed by atoms with van der Waals surface area (Å²) in [7, 11) is 0. The summed E-state index contributed by atoms with van der Waals surface area (Å²) in [5.41, 5.74) is 10.9. The molecule has 10 nitrogen and oxygen atoms in total. The summed E-state index contributed by atoms with van der Waals surface area (Å²) in [5.74, 6) is 0.287. The summed E-state index contributed by atoms with van der Waals surface area (Å²) >= 11 is 0. The average molecular weight is 512 g/mol. The Balaban J connectivity index is 1.42. The van der Waals surface area contributed by atoms with Crippen LogP contribution in [-0.2, 0) is 4.79 Å². The first-order valence-electron chi connectivity index (χ1n) is 12.8. The standard InChI is InChI=1S/C28H29N7O3/c1-16(36)24-25(29)35-26(22(13-31-35)19-8-11-23(30-12-19)18-6-4-3-5-7-18)32-27(24)34-20-9-10-21(34)15-33(14-20)28(38)17(2)37/h3-8,11-13,17,20-21,37H,9-10,14-15,29H2,1-2H3. The second kappa shape index (κ2) is 9.21. The van der Waals surface area contributed by atoms with E-state index < -0.39 is 6.10 Å². The number of fused-ring (bicyclic) bond motifs is 3. The van der Waals surface area contributed by atoms with Crippen LogP contribution in [0.5, 0.6) is 0 Å². The molecule has 2 saturated heterocycles. The maximum atomic E-state index is 12.8. The van der Waals surface area contributed by atoms with Gasteiger partial charge in [0, 0.05) is 48.1 Å². The third-order valence-corrected chi connectivity index (χ3v) is 7.56. The topological polar surface area (TPSA) is 130 Å². The Labute approximate surface area is 219 Å². The highest BCUT2D eigenvalue weighted by Gasteiger charge is 2.44. The van der Waals surface area contributed by atoms with E-state index in [0.29, 0.717) is 30.1 Å². The van der Waals surface area contributed by atoms with Crippen molar-refractivity contribution in [1.82, 2.24) is 24.5 Å². The van der Waals surface area contributed by atoms with E-state index >= 15 is 0 Å². The summed E-state index contributed by atoms with van der Waals surface area (Å²) in [6.07, 6.45) is 4.15. The first kappa shape index (κ1) is 24.1. The van der Waals surface area contributed by atoms with Crippen LogP contribution in [0.3, 0.4) is 0 Å². The summed E-state index contributed by atoms with van der Waals surface area (Å²) in [6.45, 7) is 3.89. The van der Waals surface area contributed by atoms with Crippen LogP contribution in [0.4, 0.5) is 11.6 Å². The molecule has 0 radical (unpaired) electrons. The molecule has 6 rings (SSSR count). The predicted octanol–water partition coefficient (Wildman–Crippen LogP) is 2.80. The molecule has 0 spiro atoms. The Morgan fingerprint density at radius 2 is 1.74 bits per heavy atom. The zero-order chi connectivity index (χ0) is 26.6. The fourth-order valence-electron chi connectivity index (χ4n) is 5.76. The maximum absolute atomic E-state index is 12.8. The lowest BCUT2D eigenvalue weighted by Gasteiger charge is -2.42. The van der Waals surface area contributed by atoms with Crippen LogP contribution in [0.25, 0.3) is 28.0 Å². The minimum absolute atomic E-state index is 0.0258. The quantitative estimate of drug-likeness (QED) is 0.391. The minimum Gasteiger partial charge on any atom is -0.384 e. The Kier molecular flexibility index (Phi) is 5.83. The van der Waals surface area contributed by atoms with Crippen molar-refractivity contribution in [1.29, 1.82) is 0 Å². The molecule has 1 amide bonds. The SMILES string of the molecule is CC(=O)c1c(N2C3CCC2CN(C(=O)C(C)O)C3)nc2c(-c3ccc(-c4ccccc4)nc3)cnn2c1N. The highest BCUT2D eigenvalue weighted by atomic mass is 16.3. The van der Waals surface area contributed by atoms with Crippen molar-refractivity contribution in [2.24, 2.45) is 0 Å². The monoisotopic (exact) mass is 511 g/mol. The third-order valence-electron chi connectivity index (χ3n) is 7.56. The molecule has 3 aromatic heterocycles. The van der Waals surface area contributed by atoms with Gasteiger partial charge in [0.2, 0.25) is 0 Å². The van der Waals surface area contributed by atoms with Crippen molar-refractivity contribution in [3.8, 4) is 22.4 Å². The van der Waals surface area contributed by atoms with Crippen LogP contribution in [0.15, 0.2) is 54.9 Å². The molecule has 2 aliphatic rings. The number of aliphatic hydroxyl groups is 1. The molecule has 2 bridgehead atoms. The number of carbonyl (C=O) groups excluding carboxylic acids is 2. The molecule has 0 aliphatic carbocycles. The zero-order valence-corrected chi connectivity index (χ0v) is 21.3. The molecule has 1 aromatic carbocycles. The van der Waals surface area contributed by atoms with Gasteiger partial charge in [0.15, 0.2) is 11.4 Å². The van der Waals surface area contributed by atoms with E-state index in [1.165, 1.54) is 18.4 Å². The van der Waals surface area contributed by atoms with Gasteiger partial charge in [0.1, 0.15) is 23.3 Å². The number of rotatable bonds is 5. The first-order valence-corrected chi connectivity index (χ1v) is 12.8. The van der Waals surface area contributed by atoms with Crippen molar-refractivity contribution in [2.75, 3.05) is 23.7 Å². The Morgan fingerprint density at radius 3 is 2.34 bits per heavy atom. The van der Waals surface area contributed by atoms with Crippen molar-refractivity contribution >= 4 is 29.0 Å². The molecule has 5 heterocycles. The number of hydrogen-bond acceptors (Lipinski definition) is 8. The van der Waals surface area contributed by atoms with Crippen molar-refractivity contribution in [3.63, 3.8) is 0 Å². The number of aliphatic hydroxyl groups excluding tert-OH is 1. The molecule has 3 unspecified atom stereocenters. The number of nitrogen functional groups attached to an aromatic ring is 1. The molecule has 2 fully saturated rings.